The van der Waals surface area contributed by atoms with Crippen LogP contribution in [0, 0.1) is 0 Å². The molecular weight excluding hydrogens is 312 g/mol. The number of carbonyl (C=O) groups excluding carboxylic acids is 1. The predicted molar refractivity (Wildman–Crippen MR) is 96.6 cm³/mol. The fourth-order valence-electron chi connectivity index (χ4n) is 3.01. The van der Waals surface area contributed by atoms with Gasteiger partial charge in [0, 0.05) is 18.8 Å². The maximum atomic E-state index is 12.7. The fraction of sp³-hybridized carbons (Fsp3) is 0.150. The number of nitrogens with zero attached hydrogens (tertiary/aromatic N) is 3. The highest BCUT2D eigenvalue weighted by atomic mass is 16.2. The van der Waals surface area contributed by atoms with Gasteiger partial charge in [-0.3, -0.25) is 4.79 Å². The van der Waals surface area contributed by atoms with Crippen molar-refractivity contribution in [3.8, 4) is 0 Å². The molecule has 5 heteroatoms. The standard InChI is InChI=1S/C20H18N4O/c25-20(24-13-12-15-6-4-5-7-16(15)14-24)18-10-11-19(23-22-18)21-17-8-2-1-3-9-17/h1-11H,12-14H2,(H,21,23). The maximum Gasteiger partial charge on any atom is 0.274 e. The third-order valence-electron chi connectivity index (χ3n) is 4.35. The summed E-state index contributed by atoms with van der Waals surface area (Å²) in [5, 5.41) is 11.4. The zero-order valence-corrected chi connectivity index (χ0v) is 13.7. The van der Waals surface area contributed by atoms with Crippen LogP contribution in [-0.4, -0.2) is 27.5 Å². The summed E-state index contributed by atoms with van der Waals surface area (Å²) < 4.78 is 0. The van der Waals surface area contributed by atoms with Crippen LogP contribution in [0.1, 0.15) is 21.6 Å². The summed E-state index contributed by atoms with van der Waals surface area (Å²) in [5.41, 5.74) is 3.83. The van der Waals surface area contributed by atoms with Crippen molar-refractivity contribution in [1.29, 1.82) is 0 Å². The molecule has 0 unspecified atom stereocenters. The van der Waals surface area contributed by atoms with Crippen LogP contribution in [0.15, 0.2) is 66.7 Å². The molecule has 1 N–H and O–H groups in total. The topological polar surface area (TPSA) is 58.1 Å². The zero-order valence-electron chi connectivity index (χ0n) is 13.7. The minimum atomic E-state index is -0.0757. The van der Waals surface area contributed by atoms with E-state index in [2.05, 4.69) is 27.6 Å². The van der Waals surface area contributed by atoms with Gasteiger partial charge >= 0.3 is 0 Å². The van der Waals surface area contributed by atoms with Crippen molar-refractivity contribution >= 4 is 17.4 Å². The van der Waals surface area contributed by atoms with Gasteiger partial charge in [-0.25, -0.2) is 0 Å². The van der Waals surface area contributed by atoms with E-state index in [-0.39, 0.29) is 5.91 Å². The Balaban J connectivity index is 1.46. The molecule has 0 aliphatic carbocycles. The van der Waals surface area contributed by atoms with Gasteiger partial charge in [0.25, 0.3) is 5.91 Å². The van der Waals surface area contributed by atoms with Crippen LogP contribution in [0.3, 0.4) is 0 Å². The summed E-state index contributed by atoms with van der Waals surface area (Å²) in [4.78, 5) is 14.5. The van der Waals surface area contributed by atoms with Crippen molar-refractivity contribution < 1.29 is 4.79 Å². The molecule has 0 spiro atoms. The number of aromatic nitrogens is 2. The zero-order chi connectivity index (χ0) is 17.1. The lowest BCUT2D eigenvalue weighted by atomic mass is 10.00. The van der Waals surface area contributed by atoms with Gasteiger partial charge in [0.15, 0.2) is 11.5 Å². The van der Waals surface area contributed by atoms with E-state index in [4.69, 9.17) is 0 Å². The molecule has 0 saturated heterocycles. The highest BCUT2D eigenvalue weighted by Gasteiger charge is 2.22. The number of benzene rings is 2. The van der Waals surface area contributed by atoms with E-state index in [1.807, 2.05) is 47.4 Å². The second-order valence-corrected chi connectivity index (χ2v) is 6.04. The van der Waals surface area contributed by atoms with Crippen LogP contribution in [0.4, 0.5) is 11.5 Å². The fourth-order valence-corrected chi connectivity index (χ4v) is 3.01. The normalized spacial score (nSPS) is 13.2. The molecule has 1 aliphatic heterocycles. The molecule has 0 radical (unpaired) electrons. The number of rotatable bonds is 3. The van der Waals surface area contributed by atoms with Crippen LogP contribution < -0.4 is 5.32 Å². The molecule has 1 aromatic heterocycles. The highest BCUT2D eigenvalue weighted by Crippen LogP contribution is 2.20. The first-order valence-electron chi connectivity index (χ1n) is 8.31. The van der Waals surface area contributed by atoms with Crippen molar-refractivity contribution in [3.05, 3.63) is 83.6 Å². The lowest BCUT2D eigenvalue weighted by molar-refractivity contribution is 0.0727. The van der Waals surface area contributed by atoms with Crippen molar-refractivity contribution in [2.75, 3.05) is 11.9 Å². The number of para-hydroxylation sites is 1. The average molecular weight is 330 g/mol. The van der Waals surface area contributed by atoms with Crippen molar-refractivity contribution in [2.45, 2.75) is 13.0 Å². The summed E-state index contributed by atoms with van der Waals surface area (Å²) in [7, 11) is 0. The molecule has 2 aromatic carbocycles. The van der Waals surface area contributed by atoms with Gasteiger partial charge < -0.3 is 10.2 Å². The summed E-state index contributed by atoms with van der Waals surface area (Å²) in [6, 6.07) is 21.5. The summed E-state index contributed by atoms with van der Waals surface area (Å²) in [5.74, 6) is 0.542. The van der Waals surface area contributed by atoms with Gasteiger partial charge in [-0.1, -0.05) is 42.5 Å². The Hall–Kier alpha value is -3.21. The van der Waals surface area contributed by atoms with E-state index in [9.17, 15) is 4.79 Å². The van der Waals surface area contributed by atoms with Gasteiger partial charge in [0.2, 0.25) is 0 Å². The predicted octanol–water partition coefficient (Wildman–Crippen LogP) is 3.42. The molecule has 124 valence electrons. The Labute approximate surface area is 146 Å². The monoisotopic (exact) mass is 330 g/mol. The first-order valence-corrected chi connectivity index (χ1v) is 8.31. The number of hydrogen-bond donors (Lipinski definition) is 1. The minimum absolute atomic E-state index is 0.0757. The van der Waals surface area contributed by atoms with Gasteiger partial charge in [0.05, 0.1) is 0 Å². The Morgan fingerprint density at radius 2 is 1.64 bits per heavy atom. The van der Waals surface area contributed by atoms with Crippen LogP contribution >= 0.6 is 0 Å². The van der Waals surface area contributed by atoms with E-state index >= 15 is 0 Å². The average Bonchev–Trinajstić information content (AvgIpc) is 2.68. The number of nitrogens with one attached hydrogen (secondary N) is 1. The van der Waals surface area contributed by atoms with E-state index in [0.29, 0.717) is 24.6 Å². The Bertz CT molecular complexity index is 878. The molecule has 0 atom stereocenters. The first kappa shape index (κ1) is 15.3. The molecule has 0 bridgehead atoms. The third-order valence-corrected chi connectivity index (χ3v) is 4.35. The SMILES string of the molecule is O=C(c1ccc(Nc2ccccc2)nn1)N1CCc2ccccc2C1. The molecule has 25 heavy (non-hydrogen) atoms. The number of fused-ring (bicyclic) bond motifs is 1. The van der Waals surface area contributed by atoms with E-state index in [1.54, 1.807) is 12.1 Å². The molecule has 0 fully saturated rings. The molecule has 1 aliphatic rings. The Kier molecular flexibility index (Phi) is 4.12. The summed E-state index contributed by atoms with van der Waals surface area (Å²) in [6.45, 7) is 1.34. The number of carbonyl (C=O) groups is 1. The van der Waals surface area contributed by atoms with Crippen LogP contribution in [0.2, 0.25) is 0 Å². The van der Waals surface area contributed by atoms with Gasteiger partial charge in [-0.2, -0.15) is 0 Å². The van der Waals surface area contributed by atoms with Crippen molar-refractivity contribution in [3.63, 3.8) is 0 Å². The first-order chi connectivity index (χ1) is 12.3. The largest absolute Gasteiger partial charge is 0.339 e. The van der Waals surface area contributed by atoms with Gasteiger partial charge in [-0.05, 0) is 41.8 Å². The summed E-state index contributed by atoms with van der Waals surface area (Å²) >= 11 is 0. The Morgan fingerprint density at radius 1 is 0.880 bits per heavy atom. The second-order valence-electron chi connectivity index (χ2n) is 6.04. The van der Waals surface area contributed by atoms with E-state index < -0.39 is 0 Å². The highest BCUT2D eigenvalue weighted by molar-refractivity contribution is 5.92. The van der Waals surface area contributed by atoms with Crippen molar-refractivity contribution in [2.24, 2.45) is 0 Å². The number of hydrogen-bond acceptors (Lipinski definition) is 4. The number of amides is 1. The summed E-state index contributed by atoms with van der Waals surface area (Å²) in [6.07, 6.45) is 0.878. The van der Waals surface area contributed by atoms with Crippen LogP contribution in [0.25, 0.3) is 0 Å². The smallest absolute Gasteiger partial charge is 0.274 e. The van der Waals surface area contributed by atoms with Gasteiger partial charge in [-0.15, -0.1) is 10.2 Å². The molecule has 5 nitrogen and oxygen atoms in total. The second kappa shape index (κ2) is 6.73. The maximum absolute atomic E-state index is 12.7. The lowest BCUT2D eigenvalue weighted by Gasteiger charge is -2.28. The van der Waals surface area contributed by atoms with Crippen LogP contribution in [-0.2, 0) is 13.0 Å². The molecule has 1 amide bonds. The molecule has 0 saturated carbocycles. The lowest BCUT2D eigenvalue weighted by Crippen LogP contribution is -2.36. The quantitative estimate of drug-likeness (QED) is 0.799. The van der Waals surface area contributed by atoms with E-state index in [1.165, 1.54) is 11.1 Å². The minimum Gasteiger partial charge on any atom is -0.339 e. The third kappa shape index (κ3) is 3.35. The molecular formula is C20H18N4O. The molecule has 3 aromatic rings. The Morgan fingerprint density at radius 3 is 2.40 bits per heavy atom. The van der Waals surface area contributed by atoms with Gasteiger partial charge in [0.1, 0.15) is 0 Å². The van der Waals surface area contributed by atoms with Crippen molar-refractivity contribution in [1.82, 2.24) is 15.1 Å². The van der Waals surface area contributed by atoms with E-state index in [0.717, 1.165) is 12.1 Å². The van der Waals surface area contributed by atoms with Crippen LogP contribution in [0.5, 0.6) is 0 Å². The molecule has 4 rings (SSSR count). The molecule has 2 heterocycles. The number of anilines is 2.